The highest BCUT2D eigenvalue weighted by Crippen LogP contribution is 2.24. The van der Waals surface area contributed by atoms with Crippen LogP contribution in [0, 0.1) is 6.92 Å². The van der Waals surface area contributed by atoms with Crippen LogP contribution < -0.4 is 5.56 Å². The number of hydrogen-bond donors (Lipinski definition) is 1. The van der Waals surface area contributed by atoms with E-state index in [1.807, 2.05) is 43.3 Å². The Morgan fingerprint density at radius 1 is 1.00 bits per heavy atom. The fourth-order valence-corrected chi connectivity index (χ4v) is 3.22. The highest BCUT2D eigenvalue weighted by Gasteiger charge is 2.22. The molecule has 0 spiro atoms. The third kappa shape index (κ3) is 3.15. The Hall–Kier alpha value is -3.60. The molecule has 5 heteroatoms. The maximum absolute atomic E-state index is 13.2. The molecule has 0 saturated heterocycles. The van der Waals surface area contributed by atoms with Crippen molar-refractivity contribution in [1.82, 2.24) is 15.0 Å². The van der Waals surface area contributed by atoms with Crippen molar-refractivity contribution >= 4 is 16.8 Å². The van der Waals surface area contributed by atoms with Crippen LogP contribution in [0.5, 0.6) is 0 Å². The molecule has 0 aliphatic rings. The van der Waals surface area contributed by atoms with Crippen molar-refractivity contribution in [1.29, 1.82) is 0 Å². The molecule has 4 rings (SSSR count). The number of hydrogen-bond acceptors (Lipinski definition) is 4. The van der Waals surface area contributed by atoms with Gasteiger partial charge in [0.25, 0.3) is 5.56 Å². The standard InChI is InChI=1S/C22H17N3O2/c1-14-17(12-15-8-4-2-5-9-15)25-21-19(22(27)24-13-23-21)18(14)20(26)16-10-6-3-7-11-16/h2-11,13H,12H2,1H3,(H,23,24,25,27). The second kappa shape index (κ2) is 6.96. The molecule has 0 atom stereocenters. The number of rotatable bonds is 4. The maximum Gasteiger partial charge on any atom is 0.260 e. The molecule has 0 saturated carbocycles. The number of aromatic amines is 1. The molecule has 5 nitrogen and oxygen atoms in total. The number of nitrogens with one attached hydrogen (secondary N) is 1. The molecule has 2 aromatic carbocycles. The summed E-state index contributed by atoms with van der Waals surface area (Å²) in [5, 5.41) is 0.237. The minimum atomic E-state index is -0.360. The minimum absolute atomic E-state index is 0.201. The van der Waals surface area contributed by atoms with E-state index < -0.39 is 0 Å². The van der Waals surface area contributed by atoms with Gasteiger partial charge in [-0.3, -0.25) is 9.59 Å². The lowest BCUT2D eigenvalue weighted by molar-refractivity contribution is 0.103. The van der Waals surface area contributed by atoms with E-state index in [2.05, 4.69) is 15.0 Å². The van der Waals surface area contributed by atoms with Crippen molar-refractivity contribution in [3.8, 4) is 0 Å². The molecule has 0 radical (unpaired) electrons. The van der Waals surface area contributed by atoms with Crippen LogP contribution in [0.4, 0.5) is 0 Å². The van der Waals surface area contributed by atoms with E-state index in [9.17, 15) is 9.59 Å². The second-order valence-corrected chi connectivity index (χ2v) is 6.35. The number of pyridine rings is 1. The summed E-state index contributed by atoms with van der Waals surface area (Å²) in [6.45, 7) is 1.84. The largest absolute Gasteiger partial charge is 0.312 e. The lowest BCUT2D eigenvalue weighted by Gasteiger charge is -2.13. The Morgan fingerprint density at radius 2 is 1.67 bits per heavy atom. The zero-order valence-electron chi connectivity index (χ0n) is 14.8. The van der Waals surface area contributed by atoms with Crippen LogP contribution in [0.3, 0.4) is 0 Å². The van der Waals surface area contributed by atoms with E-state index in [1.165, 1.54) is 6.33 Å². The maximum atomic E-state index is 13.2. The predicted molar refractivity (Wildman–Crippen MR) is 104 cm³/mol. The molecule has 2 aromatic heterocycles. The predicted octanol–water partition coefficient (Wildman–Crippen LogP) is 3.45. The van der Waals surface area contributed by atoms with Gasteiger partial charge in [0, 0.05) is 17.5 Å². The summed E-state index contributed by atoms with van der Waals surface area (Å²) in [6.07, 6.45) is 1.88. The first-order chi connectivity index (χ1) is 13.1. The van der Waals surface area contributed by atoms with Gasteiger partial charge in [-0.1, -0.05) is 60.7 Å². The van der Waals surface area contributed by atoms with E-state index in [0.29, 0.717) is 23.1 Å². The quantitative estimate of drug-likeness (QED) is 0.569. The molecule has 0 unspecified atom stereocenters. The van der Waals surface area contributed by atoms with Crippen molar-refractivity contribution in [2.45, 2.75) is 13.3 Å². The fourth-order valence-electron chi connectivity index (χ4n) is 3.22. The monoisotopic (exact) mass is 355 g/mol. The molecular weight excluding hydrogens is 338 g/mol. The van der Waals surface area contributed by atoms with Crippen LogP contribution in [0.1, 0.15) is 32.7 Å². The van der Waals surface area contributed by atoms with Crippen LogP contribution >= 0.6 is 0 Å². The Labute approximate surface area is 155 Å². The number of fused-ring (bicyclic) bond motifs is 1. The van der Waals surface area contributed by atoms with Crippen molar-refractivity contribution in [2.24, 2.45) is 0 Å². The lowest BCUT2D eigenvalue weighted by Crippen LogP contribution is -2.17. The van der Waals surface area contributed by atoms with E-state index in [4.69, 9.17) is 0 Å². The molecule has 0 aliphatic heterocycles. The van der Waals surface area contributed by atoms with E-state index in [0.717, 1.165) is 11.3 Å². The van der Waals surface area contributed by atoms with Gasteiger partial charge in [-0.25, -0.2) is 9.97 Å². The van der Waals surface area contributed by atoms with Crippen molar-refractivity contribution in [3.05, 3.63) is 105 Å². The van der Waals surface area contributed by atoms with Gasteiger partial charge in [0.1, 0.15) is 0 Å². The molecule has 132 valence electrons. The number of benzene rings is 2. The Kier molecular flexibility index (Phi) is 4.34. The van der Waals surface area contributed by atoms with Crippen LogP contribution in [0.25, 0.3) is 11.0 Å². The van der Waals surface area contributed by atoms with E-state index >= 15 is 0 Å². The molecular formula is C22H17N3O2. The number of H-pyrrole nitrogens is 1. The summed E-state index contributed by atoms with van der Waals surface area (Å²) >= 11 is 0. The first-order valence-electron chi connectivity index (χ1n) is 8.65. The molecule has 0 fully saturated rings. The molecule has 2 heterocycles. The average molecular weight is 355 g/mol. The first kappa shape index (κ1) is 16.8. The summed E-state index contributed by atoms with van der Waals surface area (Å²) < 4.78 is 0. The average Bonchev–Trinajstić information content (AvgIpc) is 2.70. The topological polar surface area (TPSA) is 75.7 Å². The number of aromatic nitrogens is 3. The van der Waals surface area contributed by atoms with Crippen molar-refractivity contribution in [3.63, 3.8) is 0 Å². The van der Waals surface area contributed by atoms with Gasteiger partial charge in [-0.2, -0.15) is 0 Å². The Balaban J connectivity index is 1.96. The van der Waals surface area contributed by atoms with Gasteiger partial charge in [0.2, 0.25) is 0 Å². The molecule has 0 aliphatic carbocycles. The van der Waals surface area contributed by atoms with Gasteiger partial charge < -0.3 is 4.98 Å². The third-order valence-corrected chi connectivity index (χ3v) is 4.61. The molecule has 27 heavy (non-hydrogen) atoms. The number of carbonyl (C=O) groups is 1. The van der Waals surface area contributed by atoms with Crippen molar-refractivity contribution < 1.29 is 4.79 Å². The minimum Gasteiger partial charge on any atom is -0.312 e. The summed E-state index contributed by atoms with van der Waals surface area (Å²) in [4.78, 5) is 37.0. The fraction of sp³-hybridized carbons (Fsp3) is 0.0909. The normalized spacial score (nSPS) is 10.9. The first-order valence-corrected chi connectivity index (χ1v) is 8.65. The van der Waals surface area contributed by atoms with Crippen LogP contribution in [-0.2, 0) is 6.42 Å². The van der Waals surface area contributed by atoms with Crippen LogP contribution in [0.2, 0.25) is 0 Å². The summed E-state index contributed by atoms with van der Waals surface area (Å²) in [7, 11) is 0. The molecule has 0 bridgehead atoms. The molecule has 4 aromatic rings. The zero-order chi connectivity index (χ0) is 18.8. The van der Waals surface area contributed by atoms with Crippen LogP contribution in [-0.4, -0.2) is 20.7 Å². The highest BCUT2D eigenvalue weighted by atomic mass is 16.1. The summed E-state index contributed by atoms with van der Waals surface area (Å²) in [6, 6.07) is 18.8. The Morgan fingerprint density at radius 3 is 2.37 bits per heavy atom. The van der Waals surface area contributed by atoms with Gasteiger partial charge in [-0.15, -0.1) is 0 Å². The van der Waals surface area contributed by atoms with E-state index in [1.54, 1.807) is 24.3 Å². The SMILES string of the molecule is Cc1c(Cc2ccccc2)nc2nc[nH]c(=O)c2c1C(=O)c1ccccc1. The van der Waals surface area contributed by atoms with Gasteiger partial charge in [0.05, 0.1) is 17.4 Å². The summed E-state index contributed by atoms with van der Waals surface area (Å²) in [5.41, 5.74) is 3.35. The van der Waals surface area contributed by atoms with Gasteiger partial charge in [-0.05, 0) is 18.1 Å². The highest BCUT2D eigenvalue weighted by molar-refractivity contribution is 6.16. The lowest BCUT2D eigenvalue weighted by atomic mass is 9.94. The van der Waals surface area contributed by atoms with Crippen LogP contribution in [0.15, 0.2) is 71.8 Å². The third-order valence-electron chi connectivity index (χ3n) is 4.61. The number of nitrogens with zero attached hydrogens (tertiary/aromatic N) is 2. The Bertz CT molecular complexity index is 1180. The second-order valence-electron chi connectivity index (χ2n) is 6.35. The van der Waals surface area contributed by atoms with Crippen molar-refractivity contribution in [2.75, 3.05) is 0 Å². The van der Waals surface area contributed by atoms with Gasteiger partial charge >= 0.3 is 0 Å². The molecule has 1 N–H and O–H groups in total. The zero-order valence-corrected chi connectivity index (χ0v) is 14.8. The van der Waals surface area contributed by atoms with Gasteiger partial charge in [0.15, 0.2) is 11.4 Å². The number of carbonyl (C=O) groups excluding carboxylic acids is 1. The summed E-state index contributed by atoms with van der Waals surface area (Å²) in [5.74, 6) is -0.201. The van der Waals surface area contributed by atoms with E-state index in [-0.39, 0.29) is 22.4 Å². The smallest absolute Gasteiger partial charge is 0.260 e. The molecule has 0 amide bonds. The number of ketones is 1.